The third-order valence-corrected chi connectivity index (χ3v) is 4.16. The van der Waals surface area contributed by atoms with Crippen molar-refractivity contribution in [3.8, 4) is 11.5 Å². The topological polar surface area (TPSA) is 105 Å². The number of morpholine rings is 1. The van der Waals surface area contributed by atoms with Gasteiger partial charge in [0, 0.05) is 18.8 Å². The summed E-state index contributed by atoms with van der Waals surface area (Å²) in [6, 6.07) is 3.21. The number of furan rings is 1. The average molecular weight is 387 g/mol. The SMILES string of the molecule is CC(=O)NCc1ccc(-c2csc(NC(=O)C3COCCN3)n2)o1.Cl. The number of hydrogen-bond acceptors (Lipinski definition) is 7. The minimum absolute atomic E-state index is 0. The lowest BCUT2D eigenvalue weighted by atomic mass is 10.2. The van der Waals surface area contributed by atoms with Crippen LogP contribution < -0.4 is 16.0 Å². The Kier molecular flexibility index (Phi) is 6.94. The number of halogens is 1. The molecule has 2 aromatic heterocycles. The third-order valence-electron chi connectivity index (χ3n) is 3.40. The summed E-state index contributed by atoms with van der Waals surface area (Å²) in [4.78, 5) is 27.4. The van der Waals surface area contributed by atoms with Crippen molar-refractivity contribution in [2.45, 2.75) is 19.5 Å². The van der Waals surface area contributed by atoms with Gasteiger partial charge in [-0.25, -0.2) is 4.98 Å². The molecule has 0 aliphatic carbocycles. The van der Waals surface area contributed by atoms with Crippen LogP contribution in [0.5, 0.6) is 0 Å². The maximum absolute atomic E-state index is 12.1. The fourth-order valence-electron chi connectivity index (χ4n) is 2.19. The van der Waals surface area contributed by atoms with Gasteiger partial charge in [-0.05, 0) is 12.1 Å². The van der Waals surface area contributed by atoms with Gasteiger partial charge < -0.3 is 25.1 Å². The molecule has 1 aliphatic rings. The van der Waals surface area contributed by atoms with Crippen molar-refractivity contribution in [2.75, 3.05) is 25.1 Å². The van der Waals surface area contributed by atoms with Crippen molar-refractivity contribution >= 4 is 40.7 Å². The molecule has 2 aromatic rings. The maximum Gasteiger partial charge on any atom is 0.245 e. The Hall–Kier alpha value is -1.94. The Morgan fingerprint density at radius 3 is 3.00 bits per heavy atom. The largest absolute Gasteiger partial charge is 0.458 e. The molecule has 0 saturated carbocycles. The average Bonchev–Trinajstić information content (AvgIpc) is 3.22. The number of nitrogens with one attached hydrogen (secondary N) is 3. The molecule has 3 N–H and O–H groups in total. The van der Waals surface area contributed by atoms with Crippen molar-refractivity contribution < 1.29 is 18.7 Å². The summed E-state index contributed by atoms with van der Waals surface area (Å²) in [6.45, 7) is 3.41. The van der Waals surface area contributed by atoms with E-state index in [1.54, 1.807) is 17.5 Å². The summed E-state index contributed by atoms with van der Waals surface area (Å²) in [6.07, 6.45) is 0. The van der Waals surface area contributed by atoms with Gasteiger partial charge in [-0.3, -0.25) is 9.59 Å². The van der Waals surface area contributed by atoms with Crippen molar-refractivity contribution in [2.24, 2.45) is 0 Å². The Labute approximate surface area is 154 Å². The molecule has 1 saturated heterocycles. The molecule has 136 valence electrons. The predicted molar refractivity (Wildman–Crippen MR) is 95.8 cm³/mol. The zero-order valence-corrected chi connectivity index (χ0v) is 15.2. The first-order valence-electron chi connectivity index (χ1n) is 7.53. The molecule has 0 bridgehead atoms. The van der Waals surface area contributed by atoms with Crippen LogP contribution in [0.2, 0.25) is 0 Å². The van der Waals surface area contributed by atoms with Crippen LogP contribution in [0.3, 0.4) is 0 Å². The van der Waals surface area contributed by atoms with E-state index < -0.39 is 0 Å². The highest BCUT2D eigenvalue weighted by Crippen LogP contribution is 2.26. The maximum atomic E-state index is 12.1. The van der Waals surface area contributed by atoms with Gasteiger partial charge in [0.05, 0.1) is 19.8 Å². The van der Waals surface area contributed by atoms with E-state index in [1.165, 1.54) is 18.3 Å². The Bertz CT molecular complexity index is 727. The molecule has 3 heterocycles. The number of amides is 2. The van der Waals surface area contributed by atoms with Crippen molar-refractivity contribution in [3.63, 3.8) is 0 Å². The molecule has 2 amide bonds. The Morgan fingerprint density at radius 2 is 2.28 bits per heavy atom. The molecule has 1 aliphatic heterocycles. The minimum atomic E-state index is -0.362. The highest BCUT2D eigenvalue weighted by molar-refractivity contribution is 7.14. The lowest BCUT2D eigenvalue weighted by Gasteiger charge is -2.22. The van der Waals surface area contributed by atoms with Crippen LogP contribution in [0.25, 0.3) is 11.5 Å². The van der Waals surface area contributed by atoms with Crippen LogP contribution in [0.15, 0.2) is 21.9 Å². The number of aromatic nitrogens is 1. The molecule has 1 fully saturated rings. The van der Waals surface area contributed by atoms with E-state index in [0.29, 0.717) is 48.6 Å². The first-order valence-corrected chi connectivity index (χ1v) is 8.41. The van der Waals surface area contributed by atoms with Gasteiger partial charge in [-0.15, -0.1) is 23.7 Å². The van der Waals surface area contributed by atoms with Crippen LogP contribution in [-0.2, 0) is 20.9 Å². The van der Waals surface area contributed by atoms with Gasteiger partial charge in [0.1, 0.15) is 17.5 Å². The van der Waals surface area contributed by atoms with Gasteiger partial charge >= 0.3 is 0 Å². The molecular formula is C15H19ClN4O4S. The first kappa shape index (κ1) is 19.4. The number of rotatable bonds is 5. The highest BCUT2D eigenvalue weighted by atomic mass is 35.5. The lowest BCUT2D eigenvalue weighted by Crippen LogP contribution is -2.48. The number of nitrogens with zero attached hydrogens (tertiary/aromatic N) is 1. The monoisotopic (exact) mass is 386 g/mol. The number of anilines is 1. The molecule has 0 radical (unpaired) electrons. The summed E-state index contributed by atoms with van der Waals surface area (Å²) in [7, 11) is 0. The highest BCUT2D eigenvalue weighted by Gasteiger charge is 2.22. The van der Waals surface area contributed by atoms with E-state index in [2.05, 4.69) is 20.9 Å². The fraction of sp³-hybridized carbons (Fsp3) is 0.400. The van der Waals surface area contributed by atoms with E-state index in [4.69, 9.17) is 9.15 Å². The van der Waals surface area contributed by atoms with Crippen LogP contribution in [0, 0.1) is 0 Å². The van der Waals surface area contributed by atoms with Gasteiger partial charge in [0.25, 0.3) is 0 Å². The standard InChI is InChI=1S/C15H18N4O4S.ClH/c1-9(20)17-6-10-2-3-13(23-10)12-8-24-15(18-12)19-14(21)11-7-22-5-4-16-11;/h2-3,8,11,16H,4-7H2,1H3,(H,17,20)(H,18,19,21);1H. The van der Waals surface area contributed by atoms with E-state index in [9.17, 15) is 9.59 Å². The molecule has 8 nitrogen and oxygen atoms in total. The van der Waals surface area contributed by atoms with Crippen LogP contribution in [0.4, 0.5) is 5.13 Å². The summed E-state index contributed by atoms with van der Waals surface area (Å²) in [5, 5.41) is 10.8. The smallest absolute Gasteiger partial charge is 0.245 e. The molecule has 25 heavy (non-hydrogen) atoms. The molecule has 1 atom stereocenters. The predicted octanol–water partition coefficient (Wildman–Crippen LogP) is 1.39. The van der Waals surface area contributed by atoms with Crippen molar-refractivity contribution in [1.29, 1.82) is 0 Å². The number of carbonyl (C=O) groups excluding carboxylic acids is 2. The zero-order valence-electron chi connectivity index (χ0n) is 13.5. The zero-order chi connectivity index (χ0) is 16.9. The number of carbonyl (C=O) groups is 2. The fourth-order valence-corrected chi connectivity index (χ4v) is 2.90. The lowest BCUT2D eigenvalue weighted by molar-refractivity contribution is -0.121. The summed E-state index contributed by atoms with van der Waals surface area (Å²) >= 11 is 1.32. The van der Waals surface area contributed by atoms with Gasteiger partial charge in [-0.1, -0.05) is 0 Å². The van der Waals surface area contributed by atoms with Gasteiger partial charge in [-0.2, -0.15) is 0 Å². The molecular weight excluding hydrogens is 368 g/mol. The third kappa shape index (κ3) is 5.27. The van der Waals surface area contributed by atoms with E-state index in [0.717, 1.165) is 0 Å². The summed E-state index contributed by atoms with van der Waals surface area (Å²) in [5.74, 6) is 0.946. The van der Waals surface area contributed by atoms with Crippen LogP contribution in [-0.4, -0.2) is 42.6 Å². The molecule has 1 unspecified atom stereocenters. The van der Waals surface area contributed by atoms with Crippen molar-refractivity contribution in [3.05, 3.63) is 23.3 Å². The minimum Gasteiger partial charge on any atom is -0.458 e. The van der Waals surface area contributed by atoms with E-state index in [1.807, 2.05) is 0 Å². The number of ether oxygens (including phenoxy) is 1. The molecule has 0 spiro atoms. The molecule has 10 heteroatoms. The van der Waals surface area contributed by atoms with Gasteiger partial charge in [0.2, 0.25) is 11.8 Å². The quantitative estimate of drug-likeness (QED) is 0.717. The second-order valence-corrected chi connectivity index (χ2v) is 6.14. The second-order valence-electron chi connectivity index (χ2n) is 5.28. The molecule has 3 rings (SSSR count). The number of hydrogen-bond donors (Lipinski definition) is 3. The van der Waals surface area contributed by atoms with Crippen LogP contribution in [0.1, 0.15) is 12.7 Å². The first-order chi connectivity index (χ1) is 11.6. The summed E-state index contributed by atoms with van der Waals surface area (Å²) in [5.41, 5.74) is 0.636. The van der Waals surface area contributed by atoms with Crippen molar-refractivity contribution in [1.82, 2.24) is 15.6 Å². The Balaban J connectivity index is 0.00000225. The number of thiazole rings is 1. The van der Waals surface area contributed by atoms with Gasteiger partial charge in [0.15, 0.2) is 10.9 Å². The van der Waals surface area contributed by atoms with Crippen LogP contribution >= 0.6 is 23.7 Å². The normalized spacial score (nSPS) is 16.8. The Morgan fingerprint density at radius 1 is 1.44 bits per heavy atom. The van der Waals surface area contributed by atoms with E-state index >= 15 is 0 Å². The summed E-state index contributed by atoms with van der Waals surface area (Å²) < 4.78 is 10.9. The van der Waals surface area contributed by atoms with E-state index in [-0.39, 0.29) is 30.3 Å². The molecule has 0 aromatic carbocycles. The second kappa shape index (κ2) is 8.95.